The van der Waals surface area contributed by atoms with E-state index in [1.54, 1.807) is 6.92 Å². The maximum Gasteiger partial charge on any atom is 0.252 e. The van der Waals surface area contributed by atoms with Crippen LogP contribution >= 0.6 is 0 Å². The van der Waals surface area contributed by atoms with Gasteiger partial charge in [-0.05, 0) is 45.6 Å². The zero-order chi connectivity index (χ0) is 22.2. The minimum atomic E-state index is -0.545. The zero-order valence-corrected chi connectivity index (χ0v) is 18.5. The molecule has 7 heteroatoms. The van der Waals surface area contributed by atoms with Crippen molar-refractivity contribution in [2.45, 2.75) is 51.4 Å². The molecule has 0 aliphatic carbocycles. The molecule has 0 bridgehead atoms. The standard InChI is InChI=1S/C24H30N4O3/c1-15-10-16(2)12-19(11-15)24(5-8-31-9-6-24)23(30)28-7-4-18(14-28)22-26-13-20(21(25)29)17(3)27-22/h10-13,18H,4-9,14H2,1-3H3,(H2,25,29)/t18-/m1/s1. The van der Waals surface area contributed by atoms with Gasteiger partial charge < -0.3 is 15.4 Å². The first-order valence-electron chi connectivity index (χ1n) is 10.9. The number of nitrogens with zero attached hydrogens (tertiary/aromatic N) is 3. The molecule has 2 fully saturated rings. The molecule has 0 unspecified atom stereocenters. The van der Waals surface area contributed by atoms with Crippen molar-refractivity contribution < 1.29 is 14.3 Å². The molecular formula is C24H30N4O3. The van der Waals surface area contributed by atoms with Gasteiger partial charge in [-0.1, -0.05) is 29.3 Å². The van der Waals surface area contributed by atoms with Crippen molar-refractivity contribution in [1.82, 2.24) is 14.9 Å². The number of benzene rings is 1. The van der Waals surface area contributed by atoms with E-state index in [0.717, 1.165) is 12.0 Å². The van der Waals surface area contributed by atoms with E-state index in [4.69, 9.17) is 10.5 Å². The lowest BCUT2D eigenvalue weighted by Gasteiger charge is -2.39. The fourth-order valence-electron chi connectivity index (χ4n) is 4.98. The number of ether oxygens (including phenoxy) is 1. The Bertz CT molecular complexity index is 994. The lowest BCUT2D eigenvalue weighted by molar-refractivity contribution is -0.140. The molecule has 4 rings (SSSR count). The van der Waals surface area contributed by atoms with E-state index in [1.165, 1.54) is 17.3 Å². The van der Waals surface area contributed by atoms with Crippen LogP contribution in [0.5, 0.6) is 0 Å². The maximum absolute atomic E-state index is 13.9. The Hall–Kier alpha value is -2.80. The lowest BCUT2D eigenvalue weighted by atomic mass is 9.72. The lowest BCUT2D eigenvalue weighted by Crippen LogP contribution is -2.49. The summed E-state index contributed by atoms with van der Waals surface area (Å²) in [7, 11) is 0. The molecule has 2 aliphatic heterocycles. The third-order valence-electron chi connectivity index (χ3n) is 6.63. The Labute approximate surface area is 183 Å². The predicted molar refractivity (Wildman–Crippen MR) is 117 cm³/mol. The first-order valence-corrected chi connectivity index (χ1v) is 10.9. The third-order valence-corrected chi connectivity index (χ3v) is 6.63. The number of nitrogens with two attached hydrogens (primary N) is 1. The van der Waals surface area contributed by atoms with Gasteiger partial charge in [0.2, 0.25) is 5.91 Å². The molecule has 2 saturated heterocycles. The first-order chi connectivity index (χ1) is 14.8. The summed E-state index contributed by atoms with van der Waals surface area (Å²) in [5, 5.41) is 0. The number of carbonyl (C=O) groups is 2. The van der Waals surface area contributed by atoms with Crippen LogP contribution < -0.4 is 5.73 Å². The van der Waals surface area contributed by atoms with Crippen molar-refractivity contribution >= 4 is 11.8 Å². The number of aryl methyl sites for hydroxylation is 3. The maximum atomic E-state index is 13.9. The normalized spacial score (nSPS) is 20.6. The molecule has 2 aromatic rings. The molecule has 164 valence electrons. The third kappa shape index (κ3) is 4.06. The van der Waals surface area contributed by atoms with Crippen molar-refractivity contribution in [3.63, 3.8) is 0 Å². The Morgan fingerprint density at radius 3 is 2.42 bits per heavy atom. The zero-order valence-electron chi connectivity index (χ0n) is 18.5. The van der Waals surface area contributed by atoms with Gasteiger partial charge in [0.15, 0.2) is 0 Å². The van der Waals surface area contributed by atoms with Crippen molar-refractivity contribution in [1.29, 1.82) is 0 Å². The van der Waals surface area contributed by atoms with Gasteiger partial charge in [-0.3, -0.25) is 9.59 Å². The van der Waals surface area contributed by atoms with Crippen LogP contribution in [0, 0.1) is 20.8 Å². The summed E-state index contributed by atoms with van der Waals surface area (Å²) in [5.41, 5.74) is 9.19. The van der Waals surface area contributed by atoms with Crippen LogP contribution in [0.4, 0.5) is 0 Å². The SMILES string of the molecule is Cc1cc(C)cc(C2(C(=O)N3CC[C@@H](c4ncc(C(N)=O)c(C)n4)C3)CCOCC2)c1. The van der Waals surface area contributed by atoms with Crippen LogP contribution in [0.25, 0.3) is 0 Å². The van der Waals surface area contributed by atoms with Gasteiger partial charge in [-0.15, -0.1) is 0 Å². The van der Waals surface area contributed by atoms with E-state index in [9.17, 15) is 9.59 Å². The van der Waals surface area contributed by atoms with E-state index in [-0.39, 0.29) is 11.8 Å². The molecule has 0 saturated carbocycles. The molecular weight excluding hydrogens is 392 g/mol. The van der Waals surface area contributed by atoms with Gasteiger partial charge in [0.25, 0.3) is 5.91 Å². The van der Waals surface area contributed by atoms with Crippen LogP contribution in [-0.4, -0.2) is 53.0 Å². The summed E-state index contributed by atoms with van der Waals surface area (Å²) in [4.78, 5) is 36.2. The fourth-order valence-corrected chi connectivity index (χ4v) is 4.98. The summed E-state index contributed by atoms with van der Waals surface area (Å²) < 4.78 is 5.63. The highest BCUT2D eigenvalue weighted by atomic mass is 16.5. The highest BCUT2D eigenvalue weighted by molar-refractivity contribution is 5.93. The number of likely N-dealkylation sites (tertiary alicyclic amines) is 1. The number of hydrogen-bond acceptors (Lipinski definition) is 5. The second-order valence-electron chi connectivity index (χ2n) is 8.90. The van der Waals surface area contributed by atoms with Crippen LogP contribution in [-0.2, 0) is 14.9 Å². The van der Waals surface area contributed by atoms with E-state index >= 15 is 0 Å². The van der Waals surface area contributed by atoms with Gasteiger partial charge >= 0.3 is 0 Å². The van der Waals surface area contributed by atoms with Crippen LogP contribution in [0.3, 0.4) is 0 Å². The average molecular weight is 423 g/mol. The summed E-state index contributed by atoms with van der Waals surface area (Å²) >= 11 is 0. The second-order valence-corrected chi connectivity index (χ2v) is 8.90. The molecule has 2 amide bonds. The topological polar surface area (TPSA) is 98.4 Å². The van der Waals surface area contributed by atoms with Gasteiger partial charge in [-0.25, -0.2) is 9.97 Å². The Balaban J connectivity index is 1.59. The van der Waals surface area contributed by atoms with Crippen LogP contribution in [0.1, 0.15) is 63.7 Å². The monoisotopic (exact) mass is 422 g/mol. The highest BCUT2D eigenvalue weighted by Gasteiger charge is 2.46. The molecule has 1 atom stereocenters. The summed E-state index contributed by atoms with van der Waals surface area (Å²) in [6, 6.07) is 6.44. The van der Waals surface area contributed by atoms with Crippen molar-refractivity contribution in [2.75, 3.05) is 26.3 Å². The second kappa shape index (κ2) is 8.38. The highest BCUT2D eigenvalue weighted by Crippen LogP contribution is 2.39. The Morgan fingerprint density at radius 1 is 1.13 bits per heavy atom. The molecule has 1 aromatic heterocycles. The summed E-state index contributed by atoms with van der Waals surface area (Å²) in [6.45, 7) is 8.36. The number of hydrogen-bond donors (Lipinski definition) is 1. The molecule has 1 aromatic carbocycles. The van der Waals surface area contributed by atoms with Gasteiger partial charge in [0, 0.05) is 38.4 Å². The van der Waals surface area contributed by atoms with E-state index < -0.39 is 11.3 Å². The first kappa shape index (κ1) is 21.4. The average Bonchev–Trinajstić information content (AvgIpc) is 3.23. The van der Waals surface area contributed by atoms with E-state index in [2.05, 4.69) is 42.0 Å². The van der Waals surface area contributed by atoms with E-state index in [1.807, 2.05) is 4.90 Å². The number of primary amides is 1. The minimum Gasteiger partial charge on any atom is -0.381 e. The summed E-state index contributed by atoms with van der Waals surface area (Å²) in [6.07, 6.45) is 3.69. The molecule has 31 heavy (non-hydrogen) atoms. The quantitative estimate of drug-likeness (QED) is 0.817. The van der Waals surface area contributed by atoms with Crippen molar-refractivity contribution in [3.8, 4) is 0 Å². The number of amides is 2. The Kier molecular flexibility index (Phi) is 5.79. The number of carbonyl (C=O) groups excluding carboxylic acids is 2. The smallest absolute Gasteiger partial charge is 0.252 e. The number of rotatable bonds is 4. The predicted octanol–water partition coefficient (Wildman–Crippen LogP) is 2.57. The molecule has 7 nitrogen and oxygen atoms in total. The molecule has 3 heterocycles. The molecule has 2 aliphatic rings. The Morgan fingerprint density at radius 2 is 1.81 bits per heavy atom. The van der Waals surface area contributed by atoms with Gasteiger partial charge in [0.1, 0.15) is 5.82 Å². The molecule has 0 radical (unpaired) electrons. The number of aromatic nitrogens is 2. The van der Waals surface area contributed by atoms with Gasteiger partial charge in [0.05, 0.1) is 16.7 Å². The van der Waals surface area contributed by atoms with Crippen LogP contribution in [0.2, 0.25) is 0 Å². The largest absolute Gasteiger partial charge is 0.381 e. The van der Waals surface area contributed by atoms with Crippen molar-refractivity contribution in [3.05, 3.63) is 58.2 Å². The van der Waals surface area contributed by atoms with Gasteiger partial charge in [-0.2, -0.15) is 0 Å². The fraction of sp³-hybridized carbons (Fsp3) is 0.500. The molecule has 0 spiro atoms. The van der Waals surface area contributed by atoms with E-state index in [0.29, 0.717) is 56.2 Å². The minimum absolute atomic E-state index is 0.0562. The van der Waals surface area contributed by atoms with Crippen LogP contribution in [0.15, 0.2) is 24.4 Å². The molecule has 2 N–H and O–H groups in total. The summed E-state index contributed by atoms with van der Waals surface area (Å²) in [5.74, 6) is 0.377. The van der Waals surface area contributed by atoms with Crippen molar-refractivity contribution in [2.24, 2.45) is 5.73 Å².